The van der Waals surface area contributed by atoms with Gasteiger partial charge in [-0.15, -0.1) is 0 Å². The molecule has 2 aliphatic heterocycles. The lowest BCUT2D eigenvalue weighted by atomic mass is 9.53. The number of hydrogen-bond donors (Lipinski definition) is 2. The summed E-state index contributed by atoms with van der Waals surface area (Å²) < 4.78 is 0. The summed E-state index contributed by atoms with van der Waals surface area (Å²) in [6.07, 6.45) is 14.1. The first-order valence-corrected chi connectivity index (χ1v) is 9.73. The molecular weight excluding hydrogens is 272 g/mol. The summed E-state index contributed by atoms with van der Waals surface area (Å²) in [4.78, 5) is 12.7. The van der Waals surface area contributed by atoms with Crippen molar-refractivity contribution in [3.8, 4) is 0 Å². The summed E-state index contributed by atoms with van der Waals surface area (Å²) in [5.41, 5.74) is 0.206. The Morgan fingerprint density at radius 3 is 2.00 bits per heavy atom. The topological polar surface area (TPSA) is 41.1 Å². The smallest absolute Gasteiger partial charge is 0.220 e. The average Bonchev–Trinajstić information content (AvgIpc) is 2.75. The van der Waals surface area contributed by atoms with E-state index in [1.165, 1.54) is 64.2 Å². The Kier molecular flexibility index (Phi) is 3.12. The molecule has 6 aliphatic rings. The van der Waals surface area contributed by atoms with Crippen LogP contribution in [0, 0.1) is 23.7 Å². The first kappa shape index (κ1) is 13.8. The van der Waals surface area contributed by atoms with Gasteiger partial charge in [-0.25, -0.2) is 0 Å². The van der Waals surface area contributed by atoms with Crippen LogP contribution >= 0.6 is 0 Å². The molecule has 0 aromatic carbocycles. The Bertz CT molecular complexity index is 427. The van der Waals surface area contributed by atoms with Crippen LogP contribution in [-0.4, -0.2) is 23.5 Å². The van der Waals surface area contributed by atoms with Gasteiger partial charge in [-0.05, 0) is 87.9 Å². The Hall–Kier alpha value is -0.570. The van der Waals surface area contributed by atoms with Crippen LogP contribution < -0.4 is 10.6 Å². The molecule has 2 saturated heterocycles. The van der Waals surface area contributed by atoms with Gasteiger partial charge in [-0.3, -0.25) is 4.79 Å². The standard InChI is InChI=1S/C19H30N2O/c22-18(8-12-6-16-1-2-17(7-12)20-16)21-19-9-13-3-14(10-19)5-15(4-13)11-19/h12-17,20H,1-11H2,(H,21,22)/t12?,13?,14?,15?,16-,17+,19?. The molecule has 22 heavy (non-hydrogen) atoms. The number of hydrogen-bond acceptors (Lipinski definition) is 2. The Morgan fingerprint density at radius 2 is 1.45 bits per heavy atom. The van der Waals surface area contributed by atoms with Gasteiger partial charge in [0.1, 0.15) is 0 Å². The molecule has 2 N–H and O–H groups in total. The first-order chi connectivity index (χ1) is 10.7. The summed E-state index contributed by atoms with van der Waals surface area (Å²) in [6, 6.07) is 1.41. The summed E-state index contributed by atoms with van der Waals surface area (Å²) in [5.74, 6) is 3.75. The molecule has 3 atom stereocenters. The predicted molar refractivity (Wildman–Crippen MR) is 86.3 cm³/mol. The Balaban J connectivity index is 1.22. The van der Waals surface area contributed by atoms with Gasteiger partial charge < -0.3 is 10.6 Å². The monoisotopic (exact) mass is 302 g/mol. The number of piperidine rings is 1. The molecule has 6 fully saturated rings. The molecule has 3 nitrogen and oxygen atoms in total. The van der Waals surface area contributed by atoms with Crippen molar-refractivity contribution < 1.29 is 4.79 Å². The maximum absolute atomic E-state index is 12.7. The van der Waals surface area contributed by atoms with E-state index >= 15 is 0 Å². The minimum atomic E-state index is 0.206. The molecule has 6 bridgehead atoms. The maximum atomic E-state index is 12.7. The van der Waals surface area contributed by atoms with Crippen molar-refractivity contribution in [2.24, 2.45) is 23.7 Å². The molecule has 0 aromatic heterocycles. The van der Waals surface area contributed by atoms with Gasteiger partial charge >= 0.3 is 0 Å². The van der Waals surface area contributed by atoms with E-state index in [4.69, 9.17) is 0 Å². The second kappa shape index (κ2) is 4.96. The average molecular weight is 302 g/mol. The van der Waals surface area contributed by atoms with Crippen LogP contribution in [-0.2, 0) is 4.79 Å². The number of nitrogens with one attached hydrogen (secondary N) is 2. The number of carbonyl (C=O) groups is 1. The molecule has 4 aliphatic carbocycles. The van der Waals surface area contributed by atoms with E-state index in [0.717, 1.165) is 24.2 Å². The van der Waals surface area contributed by atoms with Gasteiger partial charge in [0.2, 0.25) is 5.91 Å². The van der Waals surface area contributed by atoms with Crippen molar-refractivity contribution in [3.05, 3.63) is 0 Å². The molecule has 0 radical (unpaired) electrons. The first-order valence-electron chi connectivity index (χ1n) is 9.73. The van der Waals surface area contributed by atoms with Crippen molar-refractivity contribution in [1.82, 2.24) is 10.6 Å². The Labute approximate surface area is 134 Å². The minimum absolute atomic E-state index is 0.206. The molecule has 4 saturated carbocycles. The van der Waals surface area contributed by atoms with Gasteiger partial charge in [0.25, 0.3) is 0 Å². The van der Waals surface area contributed by atoms with Crippen LogP contribution in [0.15, 0.2) is 0 Å². The highest BCUT2D eigenvalue weighted by Crippen LogP contribution is 2.55. The molecule has 122 valence electrons. The van der Waals surface area contributed by atoms with E-state index in [1.807, 2.05) is 0 Å². The van der Waals surface area contributed by atoms with E-state index in [9.17, 15) is 4.79 Å². The highest BCUT2D eigenvalue weighted by atomic mass is 16.1. The predicted octanol–water partition coefficient (Wildman–Crippen LogP) is 2.99. The maximum Gasteiger partial charge on any atom is 0.220 e. The fraction of sp³-hybridized carbons (Fsp3) is 0.947. The van der Waals surface area contributed by atoms with Crippen molar-refractivity contribution in [3.63, 3.8) is 0 Å². The third kappa shape index (κ3) is 2.40. The molecular formula is C19H30N2O. The molecule has 2 heterocycles. The Morgan fingerprint density at radius 1 is 0.909 bits per heavy atom. The summed E-state index contributed by atoms with van der Waals surface area (Å²) in [6.45, 7) is 0. The number of carbonyl (C=O) groups excluding carboxylic acids is 1. The quantitative estimate of drug-likeness (QED) is 0.841. The van der Waals surface area contributed by atoms with E-state index in [2.05, 4.69) is 10.6 Å². The number of fused-ring (bicyclic) bond motifs is 2. The fourth-order valence-electron chi connectivity index (χ4n) is 7.21. The second-order valence-corrected chi connectivity index (χ2v) is 9.43. The van der Waals surface area contributed by atoms with Gasteiger partial charge in [0, 0.05) is 24.0 Å². The highest BCUT2D eigenvalue weighted by molar-refractivity contribution is 5.77. The van der Waals surface area contributed by atoms with Crippen molar-refractivity contribution in [2.45, 2.75) is 88.3 Å². The van der Waals surface area contributed by atoms with E-state index in [-0.39, 0.29) is 5.54 Å². The van der Waals surface area contributed by atoms with Crippen molar-refractivity contribution in [1.29, 1.82) is 0 Å². The number of amides is 1. The fourth-order valence-corrected chi connectivity index (χ4v) is 7.21. The van der Waals surface area contributed by atoms with E-state index in [0.29, 0.717) is 23.9 Å². The van der Waals surface area contributed by atoms with Crippen LogP contribution in [0.3, 0.4) is 0 Å². The van der Waals surface area contributed by atoms with Crippen LogP contribution in [0.4, 0.5) is 0 Å². The molecule has 0 aromatic rings. The van der Waals surface area contributed by atoms with Crippen LogP contribution in [0.1, 0.15) is 70.6 Å². The van der Waals surface area contributed by atoms with Crippen molar-refractivity contribution in [2.75, 3.05) is 0 Å². The van der Waals surface area contributed by atoms with Gasteiger partial charge in [-0.2, -0.15) is 0 Å². The zero-order chi connectivity index (χ0) is 14.7. The lowest BCUT2D eigenvalue weighted by Crippen LogP contribution is -2.60. The van der Waals surface area contributed by atoms with Crippen molar-refractivity contribution >= 4 is 5.91 Å². The van der Waals surface area contributed by atoms with E-state index < -0.39 is 0 Å². The second-order valence-electron chi connectivity index (χ2n) is 9.43. The number of rotatable bonds is 3. The van der Waals surface area contributed by atoms with Gasteiger partial charge in [-0.1, -0.05) is 0 Å². The van der Waals surface area contributed by atoms with Gasteiger partial charge in [0.15, 0.2) is 0 Å². The molecule has 0 spiro atoms. The van der Waals surface area contributed by atoms with Gasteiger partial charge in [0.05, 0.1) is 0 Å². The lowest BCUT2D eigenvalue weighted by Gasteiger charge is -2.57. The minimum Gasteiger partial charge on any atom is -0.351 e. The SMILES string of the molecule is O=C(CC1C[C@H]2CC[C@@H](C1)N2)NC12CC3CC(CC(C3)C1)C2. The third-order valence-electron chi connectivity index (χ3n) is 7.49. The van der Waals surface area contributed by atoms with Crippen LogP contribution in [0.25, 0.3) is 0 Å². The third-order valence-corrected chi connectivity index (χ3v) is 7.49. The highest BCUT2D eigenvalue weighted by Gasteiger charge is 2.51. The molecule has 6 rings (SSSR count). The van der Waals surface area contributed by atoms with Crippen LogP contribution in [0.5, 0.6) is 0 Å². The normalized spacial score (nSPS) is 52.0. The zero-order valence-electron chi connectivity index (χ0n) is 13.7. The lowest BCUT2D eigenvalue weighted by molar-refractivity contribution is -0.128. The molecule has 1 unspecified atom stereocenters. The summed E-state index contributed by atoms with van der Waals surface area (Å²) in [5, 5.41) is 7.25. The zero-order valence-corrected chi connectivity index (χ0v) is 13.7. The largest absolute Gasteiger partial charge is 0.351 e. The molecule has 3 heteroatoms. The molecule has 1 amide bonds. The van der Waals surface area contributed by atoms with Crippen LogP contribution in [0.2, 0.25) is 0 Å². The summed E-state index contributed by atoms with van der Waals surface area (Å²) >= 11 is 0. The summed E-state index contributed by atoms with van der Waals surface area (Å²) in [7, 11) is 0. The van der Waals surface area contributed by atoms with E-state index in [1.54, 1.807) is 0 Å².